The highest BCUT2D eigenvalue weighted by atomic mass is 16.2. The van der Waals surface area contributed by atoms with Crippen LogP contribution in [0.2, 0.25) is 0 Å². The number of nitrogens with two attached hydrogens (primary N) is 1. The van der Waals surface area contributed by atoms with Gasteiger partial charge in [0.25, 0.3) is 0 Å². The largest absolute Gasteiger partial charge is 0.396 e. The highest BCUT2D eigenvalue weighted by Gasteiger charge is 2.15. The van der Waals surface area contributed by atoms with Crippen LogP contribution in [0.15, 0.2) is 12.4 Å². The molecule has 0 bridgehead atoms. The van der Waals surface area contributed by atoms with Gasteiger partial charge in [-0.25, -0.2) is 0 Å². The Morgan fingerprint density at radius 2 is 2.25 bits per heavy atom. The van der Waals surface area contributed by atoms with Crippen molar-refractivity contribution in [3.63, 3.8) is 0 Å². The monoisotopic (exact) mass is 222 g/mol. The van der Waals surface area contributed by atoms with E-state index in [1.165, 1.54) is 19.3 Å². The number of rotatable bonds is 3. The van der Waals surface area contributed by atoms with Gasteiger partial charge in [-0.15, -0.1) is 0 Å². The van der Waals surface area contributed by atoms with Gasteiger partial charge in [0.1, 0.15) is 6.54 Å². The van der Waals surface area contributed by atoms with E-state index in [1.807, 2.05) is 0 Å². The molecule has 0 spiro atoms. The number of hydrogen-bond donors (Lipinski definition) is 2. The number of nitrogen functional groups attached to an aromatic ring is 1. The minimum atomic E-state index is 0.0231. The van der Waals surface area contributed by atoms with Crippen molar-refractivity contribution in [2.24, 2.45) is 0 Å². The third-order valence-electron chi connectivity index (χ3n) is 2.93. The van der Waals surface area contributed by atoms with Gasteiger partial charge in [0.05, 0.1) is 11.9 Å². The van der Waals surface area contributed by atoms with E-state index in [2.05, 4.69) is 10.4 Å². The maximum absolute atomic E-state index is 11.7. The second-order valence-corrected chi connectivity index (χ2v) is 4.37. The van der Waals surface area contributed by atoms with Gasteiger partial charge in [0.2, 0.25) is 5.91 Å². The number of nitrogens with zero attached hydrogens (tertiary/aromatic N) is 2. The molecule has 88 valence electrons. The maximum atomic E-state index is 11.7. The van der Waals surface area contributed by atoms with Crippen LogP contribution in [0.3, 0.4) is 0 Å². The van der Waals surface area contributed by atoms with E-state index in [0.717, 1.165) is 12.8 Å². The van der Waals surface area contributed by atoms with Crippen molar-refractivity contribution in [1.82, 2.24) is 15.1 Å². The summed E-state index contributed by atoms with van der Waals surface area (Å²) in [4.78, 5) is 11.7. The third-order valence-corrected chi connectivity index (χ3v) is 2.93. The number of amides is 1. The zero-order valence-corrected chi connectivity index (χ0v) is 9.35. The second-order valence-electron chi connectivity index (χ2n) is 4.37. The predicted molar refractivity (Wildman–Crippen MR) is 61.7 cm³/mol. The third kappa shape index (κ3) is 2.98. The normalized spacial score (nSPS) is 17.2. The molecule has 0 unspecified atom stereocenters. The summed E-state index contributed by atoms with van der Waals surface area (Å²) in [5.41, 5.74) is 6.11. The number of carbonyl (C=O) groups excluding carboxylic acids is 1. The van der Waals surface area contributed by atoms with Crippen LogP contribution in [-0.4, -0.2) is 21.7 Å². The number of nitrogens with one attached hydrogen (secondary N) is 1. The predicted octanol–water partition coefficient (Wildman–Crippen LogP) is 0.914. The summed E-state index contributed by atoms with van der Waals surface area (Å²) in [6.07, 6.45) is 9.16. The SMILES string of the molecule is Nc1cnn(CC(=O)NC2CCCCC2)c1. The highest BCUT2D eigenvalue weighted by molar-refractivity contribution is 5.76. The van der Waals surface area contributed by atoms with Crippen molar-refractivity contribution in [3.05, 3.63) is 12.4 Å². The molecule has 1 aromatic heterocycles. The first-order valence-corrected chi connectivity index (χ1v) is 5.81. The molecule has 0 aromatic carbocycles. The van der Waals surface area contributed by atoms with Crippen molar-refractivity contribution >= 4 is 11.6 Å². The molecule has 1 aromatic rings. The molecule has 1 heterocycles. The van der Waals surface area contributed by atoms with Gasteiger partial charge in [0, 0.05) is 12.2 Å². The molecule has 1 saturated carbocycles. The summed E-state index contributed by atoms with van der Waals surface area (Å²) < 4.78 is 1.56. The molecule has 5 heteroatoms. The lowest BCUT2D eigenvalue weighted by molar-refractivity contribution is -0.122. The minimum Gasteiger partial charge on any atom is -0.396 e. The Hall–Kier alpha value is -1.52. The van der Waals surface area contributed by atoms with Gasteiger partial charge >= 0.3 is 0 Å². The number of anilines is 1. The van der Waals surface area contributed by atoms with Crippen LogP contribution >= 0.6 is 0 Å². The average molecular weight is 222 g/mol. The standard InChI is InChI=1S/C11H18N4O/c12-9-6-13-15(7-9)8-11(16)14-10-4-2-1-3-5-10/h6-7,10H,1-5,8,12H2,(H,14,16). The Morgan fingerprint density at radius 3 is 2.88 bits per heavy atom. The molecule has 3 N–H and O–H groups in total. The summed E-state index contributed by atoms with van der Waals surface area (Å²) in [5, 5.41) is 7.02. The molecule has 16 heavy (non-hydrogen) atoms. The van der Waals surface area contributed by atoms with Crippen molar-refractivity contribution in [1.29, 1.82) is 0 Å². The molecule has 2 rings (SSSR count). The topological polar surface area (TPSA) is 72.9 Å². The molecule has 1 aliphatic carbocycles. The van der Waals surface area contributed by atoms with E-state index in [4.69, 9.17) is 5.73 Å². The summed E-state index contributed by atoms with van der Waals surface area (Å²) in [7, 11) is 0. The molecule has 0 aliphatic heterocycles. The lowest BCUT2D eigenvalue weighted by atomic mass is 9.95. The summed E-state index contributed by atoms with van der Waals surface area (Å²) in [6.45, 7) is 0.258. The van der Waals surface area contributed by atoms with E-state index in [1.54, 1.807) is 17.1 Å². The summed E-state index contributed by atoms with van der Waals surface area (Å²) in [5.74, 6) is 0.0231. The quantitative estimate of drug-likeness (QED) is 0.798. The van der Waals surface area contributed by atoms with Crippen LogP contribution < -0.4 is 11.1 Å². The molecule has 1 aliphatic rings. The smallest absolute Gasteiger partial charge is 0.241 e. The van der Waals surface area contributed by atoms with Crippen LogP contribution in [0.25, 0.3) is 0 Å². The second kappa shape index (κ2) is 5.01. The first kappa shape index (κ1) is 11.0. The lowest BCUT2D eigenvalue weighted by Crippen LogP contribution is -2.38. The van der Waals surface area contributed by atoms with Gasteiger partial charge in [-0.05, 0) is 12.8 Å². The van der Waals surface area contributed by atoms with Crippen molar-refractivity contribution in [3.8, 4) is 0 Å². The number of carbonyl (C=O) groups is 1. The van der Waals surface area contributed by atoms with Gasteiger partial charge in [-0.1, -0.05) is 19.3 Å². The van der Waals surface area contributed by atoms with Crippen molar-refractivity contribution in [2.75, 3.05) is 5.73 Å². The van der Waals surface area contributed by atoms with E-state index in [0.29, 0.717) is 11.7 Å². The summed E-state index contributed by atoms with van der Waals surface area (Å²) in [6, 6.07) is 0.356. The molecule has 5 nitrogen and oxygen atoms in total. The molecule has 0 radical (unpaired) electrons. The first-order chi connectivity index (χ1) is 7.74. The van der Waals surface area contributed by atoms with Gasteiger partial charge in [-0.2, -0.15) is 5.10 Å². The fraction of sp³-hybridized carbons (Fsp3) is 0.636. The number of aromatic nitrogens is 2. The minimum absolute atomic E-state index is 0.0231. The van der Waals surface area contributed by atoms with Gasteiger partial charge in [-0.3, -0.25) is 9.48 Å². The molecular formula is C11H18N4O. The van der Waals surface area contributed by atoms with Crippen LogP contribution in [0, 0.1) is 0 Å². The van der Waals surface area contributed by atoms with E-state index < -0.39 is 0 Å². The highest BCUT2D eigenvalue weighted by Crippen LogP contribution is 2.17. The van der Waals surface area contributed by atoms with Crippen LogP contribution in [0.4, 0.5) is 5.69 Å². The van der Waals surface area contributed by atoms with Gasteiger partial charge < -0.3 is 11.1 Å². The van der Waals surface area contributed by atoms with Crippen LogP contribution in [0.1, 0.15) is 32.1 Å². The Bertz CT molecular complexity index is 355. The van der Waals surface area contributed by atoms with Crippen LogP contribution in [-0.2, 0) is 11.3 Å². The van der Waals surface area contributed by atoms with E-state index >= 15 is 0 Å². The molecule has 0 saturated heterocycles. The van der Waals surface area contributed by atoms with Crippen molar-refractivity contribution < 1.29 is 4.79 Å². The fourth-order valence-electron chi connectivity index (χ4n) is 2.13. The number of hydrogen-bond acceptors (Lipinski definition) is 3. The zero-order valence-electron chi connectivity index (χ0n) is 9.35. The van der Waals surface area contributed by atoms with E-state index in [9.17, 15) is 4.79 Å². The average Bonchev–Trinajstić information content (AvgIpc) is 2.65. The first-order valence-electron chi connectivity index (χ1n) is 5.81. The van der Waals surface area contributed by atoms with Gasteiger partial charge in [0.15, 0.2) is 0 Å². The Labute approximate surface area is 95.0 Å². The van der Waals surface area contributed by atoms with Crippen LogP contribution in [0.5, 0.6) is 0 Å². The Kier molecular flexibility index (Phi) is 3.44. The molecular weight excluding hydrogens is 204 g/mol. The lowest BCUT2D eigenvalue weighted by Gasteiger charge is -2.22. The summed E-state index contributed by atoms with van der Waals surface area (Å²) >= 11 is 0. The fourth-order valence-corrected chi connectivity index (χ4v) is 2.13. The zero-order chi connectivity index (χ0) is 11.4. The Balaban J connectivity index is 1.79. The molecule has 0 atom stereocenters. The molecule has 1 fully saturated rings. The Morgan fingerprint density at radius 1 is 1.50 bits per heavy atom. The van der Waals surface area contributed by atoms with E-state index in [-0.39, 0.29) is 12.5 Å². The van der Waals surface area contributed by atoms with Crippen molar-refractivity contribution in [2.45, 2.75) is 44.7 Å². The molecule has 1 amide bonds. The maximum Gasteiger partial charge on any atom is 0.241 e.